The number of hydrogen-bond donors (Lipinski definition) is 1. The van der Waals surface area contributed by atoms with Crippen molar-refractivity contribution in [3.8, 4) is 5.75 Å². The lowest BCUT2D eigenvalue weighted by atomic mass is 10.3. The molecule has 0 saturated carbocycles. The highest BCUT2D eigenvalue weighted by Crippen LogP contribution is 2.36. The van der Waals surface area contributed by atoms with Crippen LogP contribution in [0.4, 0.5) is 5.82 Å². The highest BCUT2D eigenvalue weighted by Gasteiger charge is 2.11. The van der Waals surface area contributed by atoms with E-state index in [0.29, 0.717) is 37.4 Å². The van der Waals surface area contributed by atoms with Crippen LogP contribution in [0.2, 0.25) is 20.1 Å². The molecule has 1 N–H and O–H groups in total. The van der Waals surface area contributed by atoms with E-state index in [4.69, 9.17) is 51.1 Å². The van der Waals surface area contributed by atoms with Gasteiger partial charge < -0.3 is 10.1 Å². The molecule has 7 heteroatoms. The molecule has 0 amide bonds. The Morgan fingerprint density at radius 2 is 1.70 bits per heavy atom. The minimum atomic E-state index is 0.148. The summed E-state index contributed by atoms with van der Waals surface area (Å²) in [6.45, 7) is 0.148. The average molecular weight is 352 g/mol. The smallest absolute Gasteiger partial charge is 0.157 e. The van der Waals surface area contributed by atoms with E-state index in [2.05, 4.69) is 10.3 Å². The van der Waals surface area contributed by atoms with Crippen molar-refractivity contribution >= 4 is 52.2 Å². The van der Waals surface area contributed by atoms with Gasteiger partial charge in [-0.3, -0.25) is 0 Å². The van der Waals surface area contributed by atoms with Gasteiger partial charge in [-0.05, 0) is 24.3 Å². The van der Waals surface area contributed by atoms with Gasteiger partial charge in [0.25, 0.3) is 0 Å². The number of halogens is 4. The van der Waals surface area contributed by atoms with Crippen LogP contribution in [0.1, 0.15) is 5.69 Å². The summed E-state index contributed by atoms with van der Waals surface area (Å²) in [4.78, 5) is 4.30. The maximum Gasteiger partial charge on any atom is 0.157 e. The van der Waals surface area contributed by atoms with Gasteiger partial charge in [-0.2, -0.15) is 0 Å². The Bertz CT molecular complexity index is 611. The van der Waals surface area contributed by atoms with Crippen LogP contribution in [0.3, 0.4) is 0 Å². The standard InChI is InChI=1S/C13H10Cl4N2O/c1-18-12-3-2-8(15)11(19-12)6-20-13-9(16)4-7(14)5-10(13)17/h2-5H,6H2,1H3,(H,18,19). The van der Waals surface area contributed by atoms with E-state index in [1.54, 1.807) is 31.3 Å². The Morgan fingerprint density at radius 1 is 1.05 bits per heavy atom. The summed E-state index contributed by atoms with van der Waals surface area (Å²) in [5.41, 5.74) is 0.584. The minimum Gasteiger partial charge on any atom is -0.484 e. The number of anilines is 1. The second-order valence-electron chi connectivity index (χ2n) is 3.86. The quantitative estimate of drug-likeness (QED) is 0.809. The summed E-state index contributed by atoms with van der Waals surface area (Å²) in [5.74, 6) is 1.05. The highest BCUT2D eigenvalue weighted by molar-refractivity contribution is 6.40. The molecule has 0 aliphatic heterocycles. The largest absolute Gasteiger partial charge is 0.484 e. The minimum absolute atomic E-state index is 0.148. The molecule has 0 radical (unpaired) electrons. The van der Waals surface area contributed by atoms with Gasteiger partial charge in [0.05, 0.1) is 20.8 Å². The molecule has 1 aromatic heterocycles. The van der Waals surface area contributed by atoms with Crippen molar-refractivity contribution in [2.24, 2.45) is 0 Å². The number of ether oxygens (including phenoxy) is 1. The van der Waals surface area contributed by atoms with Gasteiger partial charge in [0.15, 0.2) is 5.75 Å². The van der Waals surface area contributed by atoms with E-state index in [9.17, 15) is 0 Å². The van der Waals surface area contributed by atoms with Crippen LogP contribution in [-0.2, 0) is 6.61 Å². The van der Waals surface area contributed by atoms with Crippen molar-refractivity contribution in [3.05, 3.63) is 50.0 Å². The van der Waals surface area contributed by atoms with Crippen molar-refractivity contribution in [3.63, 3.8) is 0 Å². The van der Waals surface area contributed by atoms with Crippen LogP contribution in [-0.4, -0.2) is 12.0 Å². The number of nitrogens with one attached hydrogen (secondary N) is 1. The van der Waals surface area contributed by atoms with Crippen LogP contribution in [0.25, 0.3) is 0 Å². The molecular formula is C13H10Cl4N2O. The summed E-state index contributed by atoms with van der Waals surface area (Å²) in [5, 5.41) is 4.55. The molecule has 1 aromatic carbocycles. The second-order valence-corrected chi connectivity index (χ2v) is 5.52. The second kappa shape index (κ2) is 6.72. The molecule has 2 rings (SSSR count). The number of nitrogens with zero attached hydrogens (tertiary/aromatic N) is 1. The van der Waals surface area contributed by atoms with Crippen LogP contribution < -0.4 is 10.1 Å². The Hall–Kier alpha value is -0.870. The first-order chi connectivity index (χ1) is 9.51. The van der Waals surface area contributed by atoms with Crippen molar-refractivity contribution in [2.75, 3.05) is 12.4 Å². The summed E-state index contributed by atoms with van der Waals surface area (Å²) in [6, 6.07) is 6.63. The van der Waals surface area contributed by atoms with E-state index in [1.165, 1.54) is 0 Å². The maximum atomic E-state index is 6.07. The van der Waals surface area contributed by atoms with Gasteiger partial charge in [0, 0.05) is 12.1 Å². The number of hydrogen-bond acceptors (Lipinski definition) is 3. The third-order valence-electron chi connectivity index (χ3n) is 2.49. The fourth-order valence-electron chi connectivity index (χ4n) is 1.53. The van der Waals surface area contributed by atoms with Gasteiger partial charge >= 0.3 is 0 Å². The van der Waals surface area contributed by atoms with Gasteiger partial charge in [0.1, 0.15) is 12.4 Å². The number of pyridine rings is 1. The topological polar surface area (TPSA) is 34.1 Å². The maximum absolute atomic E-state index is 6.07. The van der Waals surface area contributed by atoms with Gasteiger partial charge in [-0.25, -0.2) is 4.98 Å². The first-order valence-electron chi connectivity index (χ1n) is 5.61. The van der Waals surface area contributed by atoms with E-state index >= 15 is 0 Å². The molecular weight excluding hydrogens is 342 g/mol. The lowest BCUT2D eigenvalue weighted by Crippen LogP contribution is -2.02. The summed E-state index contributed by atoms with van der Waals surface area (Å²) >= 11 is 24.0. The van der Waals surface area contributed by atoms with Crippen LogP contribution in [0, 0.1) is 0 Å². The highest BCUT2D eigenvalue weighted by atomic mass is 35.5. The Balaban J connectivity index is 2.21. The first kappa shape index (κ1) is 15.5. The molecule has 3 nitrogen and oxygen atoms in total. The fraction of sp³-hybridized carbons (Fsp3) is 0.154. The van der Waals surface area contributed by atoms with Gasteiger partial charge in [-0.1, -0.05) is 46.4 Å². The number of rotatable bonds is 4. The Kier molecular flexibility index (Phi) is 5.22. The van der Waals surface area contributed by atoms with Crippen LogP contribution >= 0.6 is 46.4 Å². The van der Waals surface area contributed by atoms with E-state index in [-0.39, 0.29) is 6.61 Å². The van der Waals surface area contributed by atoms with E-state index < -0.39 is 0 Å². The van der Waals surface area contributed by atoms with Gasteiger partial charge in [-0.15, -0.1) is 0 Å². The molecule has 0 bridgehead atoms. The monoisotopic (exact) mass is 350 g/mol. The molecule has 0 fully saturated rings. The molecule has 0 saturated heterocycles. The molecule has 0 unspecified atom stereocenters. The molecule has 1 heterocycles. The summed E-state index contributed by atoms with van der Waals surface area (Å²) in [7, 11) is 1.77. The van der Waals surface area contributed by atoms with Crippen LogP contribution in [0.5, 0.6) is 5.75 Å². The van der Waals surface area contributed by atoms with Crippen molar-refractivity contribution in [1.82, 2.24) is 4.98 Å². The summed E-state index contributed by atoms with van der Waals surface area (Å²) < 4.78 is 5.59. The van der Waals surface area contributed by atoms with E-state index in [1.807, 2.05) is 0 Å². The predicted octanol–water partition coefficient (Wildman–Crippen LogP) is 5.32. The molecule has 20 heavy (non-hydrogen) atoms. The van der Waals surface area contributed by atoms with E-state index in [0.717, 1.165) is 0 Å². The molecule has 0 spiro atoms. The molecule has 0 aliphatic rings. The predicted molar refractivity (Wildman–Crippen MR) is 84.6 cm³/mol. The van der Waals surface area contributed by atoms with Crippen molar-refractivity contribution in [1.29, 1.82) is 0 Å². The lowest BCUT2D eigenvalue weighted by Gasteiger charge is -2.11. The number of benzene rings is 1. The third-order valence-corrected chi connectivity index (χ3v) is 3.61. The third kappa shape index (κ3) is 3.61. The van der Waals surface area contributed by atoms with Crippen molar-refractivity contribution in [2.45, 2.75) is 6.61 Å². The Morgan fingerprint density at radius 3 is 2.30 bits per heavy atom. The summed E-state index contributed by atoms with van der Waals surface area (Å²) in [6.07, 6.45) is 0. The number of aromatic nitrogens is 1. The lowest BCUT2D eigenvalue weighted by molar-refractivity contribution is 0.302. The van der Waals surface area contributed by atoms with Crippen molar-refractivity contribution < 1.29 is 4.74 Å². The normalized spacial score (nSPS) is 10.4. The van der Waals surface area contributed by atoms with Crippen LogP contribution in [0.15, 0.2) is 24.3 Å². The zero-order chi connectivity index (χ0) is 14.7. The first-order valence-corrected chi connectivity index (χ1v) is 7.13. The molecule has 106 valence electrons. The average Bonchev–Trinajstić information content (AvgIpc) is 2.39. The zero-order valence-electron chi connectivity index (χ0n) is 10.4. The molecule has 0 atom stereocenters. The van der Waals surface area contributed by atoms with Gasteiger partial charge in [0.2, 0.25) is 0 Å². The molecule has 2 aromatic rings. The SMILES string of the molecule is CNc1ccc(Cl)c(COc2c(Cl)cc(Cl)cc2Cl)n1. The molecule has 0 aliphatic carbocycles. The fourth-order valence-corrected chi connectivity index (χ4v) is 2.62. The zero-order valence-corrected chi connectivity index (χ0v) is 13.4. The Labute approximate surface area is 136 Å².